The van der Waals surface area contributed by atoms with E-state index in [4.69, 9.17) is 17.0 Å². The quantitative estimate of drug-likeness (QED) is 0.704. The fraction of sp³-hybridized carbons (Fsp3) is 0.105. The predicted molar refractivity (Wildman–Crippen MR) is 102 cm³/mol. The minimum absolute atomic E-state index is 0.0157. The van der Waals surface area contributed by atoms with Crippen LogP contribution in [0, 0.1) is 3.95 Å². The number of nitrogens with zero attached hydrogens (tertiary/aromatic N) is 2. The van der Waals surface area contributed by atoms with Crippen LogP contribution in [0.2, 0.25) is 0 Å². The third-order valence-electron chi connectivity index (χ3n) is 4.19. The molecule has 0 aliphatic carbocycles. The van der Waals surface area contributed by atoms with Gasteiger partial charge in [-0.2, -0.15) is 0 Å². The molecule has 1 N–H and O–H groups in total. The monoisotopic (exact) mass is 382 g/mol. The fourth-order valence-corrected chi connectivity index (χ4v) is 4.24. The lowest BCUT2D eigenvalue weighted by Gasteiger charge is -2.05. The van der Waals surface area contributed by atoms with Crippen molar-refractivity contribution in [1.29, 1.82) is 0 Å². The Morgan fingerprint density at radius 1 is 1.23 bits per heavy atom. The molecule has 1 aliphatic rings. The third-order valence-corrected chi connectivity index (χ3v) is 5.64. The van der Waals surface area contributed by atoms with E-state index >= 15 is 0 Å². The Balaban J connectivity index is 1.89. The molecular formula is C19H14N2O3S2. The van der Waals surface area contributed by atoms with Crippen LogP contribution in [0.25, 0.3) is 5.57 Å². The number of hydrogen-bond acceptors (Lipinski definition) is 5. The number of fused-ring (bicyclic) bond motifs is 1. The Bertz CT molecular complexity index is 1190. The van der Waals surface area contributed by atoms with Crippen molar-refractivity contribution in [2.45, 2.75) is 6.54 Å². The number of carbonyl (C=O) groups is 1. The van der Waals surface area contributed by atoms with Gasteiger partial charge >= 0.3 is 0 Å². The van der Waals surface area contributed by atoms with Crippen molar-refractivity contribution >= 4 is 35.0 Å². The van der Waals surface area contributed by atoms with Crippen LogP contribution in [-0.4, -0.2) is 22.7 Å². The van der Waals surface area contributed by atoms with Gasteiger partial charge < -0.3 is 9.84 Å². The highest BCUT2D eigenvalue weighted by Gasteiger charge is 2.25. The Hall–Kier alpha value is -2.77. The summed E-state index contributed by atoms with van der Waals surface area (Å²) in [4.78, 5) is 17.0. The second-order valence-corrected chi connectivity index (χ2v) is 7.41. The van der Waals surface area contributed by atoms with E-state index in [-0.39, 0.29) is 11.8 Å². The normalized spacial score (nSPS) is 12.8. The number of aromatic nitrogens is 1. The van der Waals surface area contributed by atoms with E-state index in [0.29, 0.717) is 37.3 Å². The summed E-state index contributed by atoms with van der Waals surface area (Å²) >= 11 is 6.63. The van der Waals surface area contributed by atoms with Crippen molar-refractivity contribution in [3.8, 4) is 11.6 Å². The predicted octanol–water partition coefficient (Wildman–Crippen LogP) is 2.40. The first kappa shape index (κ1) is 16.7. The van der Waals surface area contributed by atoms with E-state index < -0.39 is 0 Å². The van der Waals surface area contributed by atoms with Gasteiger partial charge in [0.1, 0.15) is 10.6 Å². The summed E-state index contributed by atoms with van der Waals surface area (Å²) in [5, 5.41) is 12.0. The van der Waals surface area contributed by atoms with Crippen LogP contribution < -0.4 is 15.3 Å². The molecule has 2 aromatic carbocycles. The van der Waals surface area contributed by atoms with E-state index in [0.717, 1.165) is 5.56 Å². The number of rotatable bonds is 4. The Kier molecular flexibility index (Phi) is 4.18. The maximum atomic E-state index is 12.5. The molecule has 0 fully saturated rings. The van der Waals surface area contributed by atoms with Gasteiger partial charge in [0.15, 0.2) is 3.95 Å². The zero-order valence-corrected chi connectivity index (χ0v) is 15.4. The number of thiazole rings is 1. The van der Waals surface area contributed by atoms with Crippen LogP contribution in [0.15, 0.2) is 53.5 Å². The molecule has 0 saturated heterocycles. The molecular weight excluding hydrogens is 368 g/mol. The highest BCUT2D eigenvalue weighted by Crippen LogP contribution is 2.33. The van der Waals surface area contributed by atoms with Crippen LogP contribution in [-0.2, 0) is 11.3 Å². The largest absolute Gasteiger partial charge is 0.497 e. The van der Waals surface area contributed by atoms with Crippen LogP contribution in [0.4, 0.5) is 0 Å². The number of ether oxygens (including phenoxy) is 1. The lowest BCUT2D eigenvalue weighted by molar-refractivity contribution is -0.112. The smallest absolute Gasteiger partial charge is 0.279 e. The summed E-state index contributed by atoms with van der Waals surface area (Å²) < 4.78 is 7.37. The third kappa shape index (κ3) is 2.75. The second-order valence-electron chi connectivity index (χ2n) is 5.77. The Labute approximate surface area is 158 Å². The van der Waals surface area contributed by atoms with Gasteiger partial charge in [-0.1, -0.05) is 30.3 Å². The molecule has 0 saturated carbocycles. The molecule has 130 valence electrons. The number of carbonyl (C=O) groups excluding carboxylic acids is 1. The zero-order chi connectivity index (χ0) is 18.3. The zero-order valence-electron chi connectivity index (χ0n) is 13.8. The molecule has 1 aliphatic heterocycles. The molecule has 3 aromatic rings. The van der Waals surface area contributed by atoms with Crippen LogP contribution in [0.3, 0.4) is 0 Å². The highest BCUT2D eigenvalue weighted by atomic mass is 32.1. The van der Waals surface area contributed by atoms with Gasteiger partial charge in [-0.25, -0.2) is 4.99 Å². The van der Waals surface area contributed by atoms with Gasteiger partial charge in [0.25, 0.3) is 5.91 Å². The summed E-state index contributed by atoms with van der Waals surface area (Å²) in [5.41, 5.74) is 1.37. The lowest BCUT2D eigenvalue weighted by atomic mass is 10.1. The van der Waals surface area contributed by atoms with Gasteiger partial charge in [0, 0.05) is 5.22 Å². The molecule has 0 radical (unpaired) electrons. The van der Waals surface area contributed by atoms with Gasteiger partial charge in [0.2, 0.25) is 5.88 Å². The first-order valence-electron chi connectivity index (χ1n) is 7.87. The SMILES string of the molecule is COc1ccc2c(c1)=C(c1sc(=S)n(Cc3ccccc3)c1O)C(=O)N=2. The van der Waals surface area contributed by atoms with Crippen LogP contribution in [0.1, 0.15) is 10.4 Å². The van der Waals surface area contributed by atoms with Gasteiger partial charge in [-0.3, -0.25) is 9.36 Å². The summed E-state index contributed by atoms with van der Waals surface area (Å²) in [7, 11) is 1.56. The fourth-order valence-electron chi connectivity index (χ4n) is 2.91. The van der Waals surface area contributed by atoms with Gasteiger partial charge in [0.05, 0.1) is 24.6 Å². The average Bonchev–Trinajstić information content (AvgIpc) is 3.11. The minimum atomic E-state index is -0.383. The van der Waals surface area contributed by atoms with Crippen molar-refractivity contribution in [3.05, 3.63) is 73.5 Å². The summed E-state index contributed by atoms with van der Waals surface area (Å²) in [5.74, 6) is 0.225. The maximum Gasteiger partial charge on any atom is 0.279 e. The van der Waals surface area contributed by atoms with Gasteiger partial charge in [-0.05, 0) is 36.0 Å². The number of amides is 1. The Morgan fingerprint density at radius 3 is 2.73 bits per heavy atom. The first-order chi connectivity index (χ1) is 12.6. The van der Waals surface area contributed by atoms with Crippen molar-refractivity contribution in [2.24, 2.45) is 4.99 Å². The lowest BCUT2D eigenvalue weighted by Crippen LogP contribution is -2.23. The van der Waals surface area contributed by atoms with Crippen molar-refractivity contribution in [2.75, 3.05) is 7.11 Å². The minimum Gasteiger partial charge on any atom is -0.497 e. The summed E-state index contributed by atoms with van der Waals surface area (Å²) in [6.07, 6.45) is 0. The molecule has 2 heterocycles. The maximum absolute atomic E-state index is 12.5. The molecule has 1 amide bonds. The molecule has 0 bridgehead atoms. The van der Waals surface area contributed by atoms with Crippen molar-refractivity contribution in [3.63, 3.8) is 0 Å². The van der Waals surface area contributed by atoms with Crippen molar-refractivity contribution in [1.82, 2.24) is 4.57 Å². The topological polar surface area (TPSA) is 63.8 Å². The molecule has 1 aromatic heterocycles. The van der Waals surface area contributed by atoms with Gasteiger partial charge in [-0.15, -0.1) is 11.3 Å². The van der Waals surface area contributed by atoms with Crippen LogP contribution >= 0.6 is 23.6 Å². The molecule has 26 heavy (non-hydrogen) atoms. The van der Waals surface area contributed by atoms with E-state index in [9.17, 15) is 9.90 Å². The summed E-state index contributed by atoms with van der Waals surface area (Å²) in [6, 6.07) is 14.9. The van der Waals surface area contributed by atoms with E-state index in [1.54, 1.807) is 29.9 Å². The van der Waals surface area contributed by atoms with Crippen molar-refractivity contribution < 1.29 is 14.6 Å². The van der Waals surface area contributed by atoms with E-state index in [2.05, 4.69) is 4.99 Å². The van der Waals surface area contributed by atoms with E-state index in [1.807, 2.05) is 30.3 Å². The molecule has 0 unspecified atom stereocenters. The molecule has 4 rings (SSSR count). The standard InChI is InChI=1S/C19H14N2O3S2/c1-24-12-7-8-14-13(9-12)15(17(22)20-14)16-18(23)21(19(25)26-16)10-11-5-3-2-4-6-11/h2-9,23H,10H2,1H3. The molecule has 5 nitrogen and oxygen atoms in total. The number of hydrogen-bond donors (Lipinski definition) is 1. The first-order valence-corrected chi connectivity index (χ1v) is 9.09. The number of methoxy groups -OCH3 is 1. The Morgan fingerprint density at radius 2 is 2.00 bits per heavy atom. The molecule has 0 atom stereocenters. The number of benzene rings is 2. The number of aromatic hydroxyl groups is 1. The molecule has 7 heteroatoms. The second kappa shape index (κ2) is 6.51. The summed E-state index contributed by atoms with van der Waals surface area (Å²) in [6.45, 7) is 0.436. The van der Waals surface area contributed by atoms with E-state index in [1.165, 1.54) is 11.3 Å². The van der Waals surface area contributed by atoms with Crippen LogP contribution in [0.5, 0.6) is 11.6 Å². The highest BCUT2D eigenvalue weighted by molar-refractivity contribution is 7.73. The molecule has 0 spiro atoms. The average molecular weight is 382 g/mol.